The van der Waals surface area contributed by atoms with Crippen molar-refractivity contribution in [2.45, 2.75) is 6.42 Å². The molecule has 3 heteroatoms. The van der Waals surface area contributed by atoms with Gasteiger partial charge in [0.25, 0.3) is 0 Å². The smallest absolute Gasteiger partial charge is 0.176 e. The van der Waals surface area contributed by atoms with Gasteiger partial charge in [0.15, 0.2) is 5.78 Å². The number of carbonyl (C=O) groups is 1. The van der Waals surface area contributed by atoms with Crippen LogP contribution in [0.2, 0.25) is 0 Å². The van der Waals surface area contributed by atoms with Gasteiger partial charge in [0, 0.05) is 12.7 Å². The van der Waals surface area contributed by atoms with Crippen molar-refractivity contribution in [1.29, 1.82) is 0 Å². The molecular weight excluding hydrogens is 190 g/mol. The Kier molecular flexibility index (Phi) is 5.01. The summed E-state index contributed by atoms with van der Waals surface area (Å²) in [7, 11) is 3.45. The average molecular weight is 207 g/mol. The van der Waals surface area contributed by atoms with Crippen LogP contribution < -0.4 is 5.32 Å². The summed E-state index contributed by atoms with van der Waals surface area (Å²) < 4.78 is 5.00. The number of hydrogen-bond donors (Lipinski definition) is 1. The predicted molar refractivity (Wildman–Crippen MR) is 60.3 cm³/mol. The lowest BCUT2D eigenvalue weighted by Crippen LogP contribution is -2.18. The van der Waals surface area contributed by atoms with Gasteiger partial charge in [-0.05, 0) is 25.1 Å². The highest BCUT2D eigenvalue weighted by Crippen LogP contribution is 2.06. The first-order chi connectivity index (χ1) is 7.27. The van der Waals surface area contributed by atoms with Gasteiger partial charge in [0.2, 0.25) is 0 Å². The monoisotopic (exact) mass is 207 g/mol. The van der Waals surface area contributed by atoms with E-state index in [1.807, 2.05) is 24.3 Å². The van der Waals surface area contributed by atoms with Crippen molar-refractivity contribution in [2.24, 2.45) is 0 Å². The number of carbonyl (C=O) groups excluding carboxylic acids is 1. The maximum absolute atomic E-state index is 11.6. The van der Waals surface area contributed by atoms with E-state index in [0.29, 0.717) is 13.2 Å². The van der Waals surface area contributed by atoms with Crippen LogP contribution in [0.5, 0.6) is 0 Å². The molecule has 0 radical (unpaired) electrons. The van der Waals surface area contributed by atoms with E-state index < -0.39 is 0 Å². The third-order valence-corrected chi connectivity index (χ3v) is 2.18. The molecule has 0 aliphatic carbocycles. The van der Waals surface area contributed by atoms with E-state index in [0.717, 1.165) is 17.5 Å². The topological polar surface area (TPSA) is 38.3 Å². The number of rotatable bonds is 6. The second-order valence-electron chi connectivity index (χ2n) is 3.40. The number of benzene rings is 1. The third-order valence-electron chi connectivity index (χ3n) is 2.18. The van der Waals surface area contributed by atoms with Gasteiger partial charge in [-0.1, -0.05) is 18.2 Å². The first-order valence-electron chi connectivity index (χ1n) is 5.03. The first-order valence-corrected chi connectivity index (χ1v) is 5.03. The number of ether oxygens (including phenoxy) is 1. The quantitative estimate of drug-likeness (QED) is 0.714. The Labute approximate surface area is 90.4 Å². The molecular formula is C12H17NO2. The lowest BCUT2D eigenvalue weighted by atomic mass is 10.1. The average Bonchev–Trinajstić information content (AvgIpc) is 2.27. The fourth-order valence-electron chi connectivity index (χ4n) is 1.38. The zero-order valence-corrected chi connectivity index (χ0v) is 9.25. The van der Waals surface area contributed by atoms with E-state index in [1.54, 1.807) is 14.2 Å². The van der Waals surface area contributed by atoms with E-state index in [4.69, 9.17) is 4.74 Å². The minimum absolute atomic E-state index is 0.122. The van der Waals surface area contributed by atoms with Gasteiger partial charge in [-0.2, -0.15) is 0 Å². The van der Waals surface area contributed by atoms with Gasteiger partial charge >= 0.3 is 0 Å². The number of ketones is 1. The molecule has 1 rings (SSSR count). The van der Waals surface area contributed by atoms with E-state index in [2.05, 4.69) is 5.32 Å². The molecule has 82 valence electrons. The van der Waals surface area contributed by atoms with Crippen LogP contribution in [0.4, 0.5) is 0 Å². The zero-order chi connectivity index (χ0) is 11.1. The Hall–Kier alpha value is -1.19. The molecule has 0 saturated heterocycles. The van der Waals surface area contributed by atoms with Crippen molar-refractivity contribution >= 4 is 5.78 Å². The molecule has 15 heavy (non-hydrogen) atoms. The Morgan fingerprint density at radius 3 is 2.93 bits per heavy atom. The van der Waals surface area contributed by atoms with E-state index in [1.165, 1.54) is 0 Å². The van der Waals surface area contributed by atoms with Crippen LogP contribution in [0, 0.1) is 0 Å². The van der Waals surface area contributed by atoms with E-state index >= 15 is 0 Å². The predicted octanol–water partition coefficient (Wildman–Crippen LogP) is 1.28. The molecule has 0 saturated carbocycles. The highest BCUT2D eigenvalue weighted by atomic mass is 16.5. The summed E-state index contributed by atoms with van der Waals surface area (Å²) in [6, 6.07) is 7.69. The van der Waals surface area contributed by atoms with Gasteiger partial charge in [-0.25, -0.2) is 0 Å². The summed E-state index contributed by atoms with van der Waals surface area (Å²) in [5.74, 6) is 0.122. The van der Waals surface area contributed by atoms with Gasteiger partial charge < -0.3 is 10.1 Å². The number of Topliss-reactive ketones (excluding diaryl/α,β-unsaturated/α-hetero) is 1. The minimum Gasteiger partial charge on any atom is -0.384 e. The van der Waals surface area contributed by atoms with Crippen LogP contribution in [-0.4, -0.2) is 33.1 Å². The number of nitrogens with one attached hydrogen (secondary N) is 1. The molecule has 0 amide bonds. The molecule has 0 atom stereocenters. The minimum atomic E-state index is 0.122. The zero-order valence-electron chi connectivity index (χ0n) is 9.25. The summed E-state index contributed by atoms with van der Waals surface area (Å²) in [4.78, 5) is 11.6. The Balaban J connectivity index is 2.69. The molecule has 0 spiro atoms. The molecule has 1 aromatic carbocycles. The second-order valence-corrected chi connectivity index (χ2v) is 3.40. The summed E-state index contributed by atoms with van der Waals surface area (Å²) >= 11 is 0. The molecule has 0 heterocycles. The largest absolute Gasteiger partial charge is 0.384 e. The lowest BCUT2D eigenvalue weighted by Gasteiger charge is -2.04. The Bertz CT molecular complexity index is 323. The first kappa shape index (κ1) is 11.9. The number of methoxy groups -OCH3 is 1. The van der Waals surface area contributed by atoms with Crippen molar-refractivity contribution in [3.63, 3.8) is 0 Å². The van der Waals surface area contributed by atoms with Crippen LogP contribution in [-0.2, 0) is 11.2 Å². The van der Waals surface area contributed by atoms with Crippen LogP contribution in [0.3, 0.4) is 0 Å². The summed E-state index contributed by atoms with van der Waals surface area (Å²) in [5.41, 5.74) is 1.90. The standard InChI is InChI=1S/C12H17NO2/c1-13-9-12(14)11-5-3-4-10(8-11)6-7-15-2/h3-5,8,13H,6-7,9H2,1-2H3. The third kappa shape index (κ3) is 3.81. The molecule has 1 aromatic rings. The molecule has 0 unspecified atom stereocenters. The van der Waals surface area contributed by atoms with Gasteiger partial charge in [-0.15, -0.1) is 0 Å². The molecule has 0 bridgehead atoms. The number of likely N-dealkylation sites (N-methyl/N-ethyl adjacent to an activating group) is 1. The maximum Gasteiger partial charge on any atom is 0.176 e. The summed E-state index contributed by atoms with van der Waals surface area (Å²) in [6.07, 6.45) is 0.844. The fourth-order valence-corrected chi connectivity index (χ4v) is 1.38. The van der Waals surface area contributed by atoms with Crippen molar-refractivity contribution in [3.8, 4) is 0 Å². The van der Waals surface area contributed by atoms with Crippen molar-refractivity contribution < 1.29 is 9.53 Å². The van der Waals surface area contributed by atoms with Gasteiger partial charge in [0.1, 0.15) is 0 Å². The molecule has 0 aliphatic rings. The fraction of sp³-hybridized carbons (Fsp3) is 0.417. The van der Waals surface area contributed by atoms with Crippen LogP contribution in [0.25, 0.3) is 0 Å². The SMILES string of the molecule is CNCC(=O)c1cccc(CCOC)c1. The lowest BCUT2D eigenvalue weighted by molar-refractivity contribution is 0.0993. The summed E-state index contributed by atoms with van der Waals surface area (Å²) in [6.45, 7) is 1.07. The molecule has 1 N–H and O–H groups in total. The molecule has 0 aromatic heterocycles. The highest BCUT2D eigenvalue weighted by molar-refractivity contribution is 5.97. The van der Waals surface area contributed by atoms with Gasteiger partial charge in [-0.3, -0.25) is 4.79 Å². The highest BCUT2D eigenvalue weighted by Gasteiger charge is 2.04. The van der Waals surface area contributed by atoms with Crippen molar-refractivity contribution in [2.75, 3.05) is 27.3 Å². The van der Waals surface area contributed by atoms with E-state index in [9.17, 15) is 4.79 Å². The number of hydrogen-bond acceptors (Lipinski definition) is 3. The van der Waals surface area contributed by atoms with E-state index in [-0.39, 0.29) is 5.78 Å². The van der Waals surface area contributed by atoms with Crippen LogP contribution >= 0.6 is 0 Å². The molecule has 3 nitrogen and oxygen atoms in total. The second kappa shape index (κ2) is 6.32. The van der Waals surface area contributed by atoms with Crippen molar-refractivity contribution in [1.82, 2.24) is 5.32 Å². The Morgan fingerprint density at radius 2 is 2.27 bits per heavy atom. The van der Waals surface area contributed by atoms with Crippen molar-refractivity contribution in [3.05, 3.63) is 35.4 Å². The maximum atomic E-state index is 11.6. The normalized spacial score (nSPS) is 10.3. The van der Waals surface area contributed by atoms with Gasteiger partial charge in [0.05, 0.1) is 13.2 Å². The summed E-state index contributed by atoms with van der Waals surface area (Å²) in [5, 5.41) is 2.85. The Morgan fingerprint density at radius 1 is 1.47 bits per heavy atom. The van der Waals surface area contributed by atoms with Crippen LogP contribution in [0.15, 0.2) is 24.3 Å². The molecule has 0 aliphatic heterocycles. The van der Waals surface area contributed by atoms with Crippen LogP contribution in [0.1, 0.15) is 15.9 Å². The molecule has 0 fully saturated rings.